The number of ether oxygens (including phenoxy) is 1. The van der Waals surface area contributed by atoms with Crippen LogP contribution in [-0.4, -0.2) is 10.2 Å². The molecule has 2 rings (SSSR count). The Labute approximate surface area is 101 Å². The van der Waals surface area contributed by atoms with Crippen molar-refractivity contribution in [2.75, 3.05) is 0 Å². The molecule has 0 unspecified atom stereocenters. The third kappa shape index (κ3) is 2.85. The van der Waals surface area contributed by atoms with Crippen molar-refractivity contribution in [1.29, 1.82) is 0 Å². The highest BCUT2D eigenvalue weighted by Gasteiger charge is 2.04. The second-order valence-corrected chi connectivity index (χ2v) is 4.08. The molecule has 4 heteroatoms. The molecule has 90 valence electrons. The predicted molar refractivity (Wildman–Crippen MR) is 67.1 cm³/mol. The van der Waals surface area contributed by atoms with Gasteiger partial charge in [-0.1, -0.05) is 19.1 Å². The largest absolute Gasteiger partial charge is 0.438 e. The number of hydrogen-bond donors (Lipinski definition) is 2. The molecule has 3 N–H and O–H groups in total. The minimum Gasteiger partial charge on any atom is -0.438 e. The van der Waals surface area contributed by atoms with E-state index in [1.807, 2.05) is 37.3 Å². The van der Waals surface area contributed by atoms with Crippen LogP contribution in [0.4, 0.5) is 0 Å². The lowest BCUT2D eigenvalue weighted by Gasteiger charge is -2.09. The fourth-order valence-electron chi connectivity index (χ4n) is 1.58. The Morgan fingerprint density at radius 1 is 1.35 bits per heavy atom. The molecular weight excluding hydrogens is 214 g/mol. The second kappa shape index (κ2) is 5.01. The molecule has 17 heavy (non-hydrogen) atoms. The van der Waals surface area contributed by atoms with Crippen LogP contribution in [0.3, 0.4) is 0 Å². The monoisotopic (exact) mass is 231 g/mol. The maximum Gasteiger partial charge on any atom is 0.238 e. The Morgan fingerprint density at radius 3 is 2.59 bits per heavy atom. The van der Waals surface area contributed by atoms with Gasteiger partial charge < -0.3 is 10.5 Å². The summed E-state index contributed by atoms with van der Waals surface area (Å²) in [4.78, 5) is 0. The Morgan fingerprint density at radius 2 is 2.06 bits per heavy atom. The van der Waals surface area contributed by atoms with E-state index in [4.69, 9.17) is 10.5 Å². The van der Waals surface area contributed by atoms with Crippen LogP contribution in [0, 0.1) is 6.92 Å². The van der Waals surface area contributed by atoms with Crippen molar-refractivity contribution < 1.29 is 4.74 Å². The van der Waals surface area contributed by atoms with Crippen molar-refractivity contribution in [2.45, 2.75) is 26.3 Å². The van der Waals surface area contributed by atoms with Crippen LogP contribution >= 0.6 is 0 Å². The minimum absolute atomic E-state index is 0.0941. The number of rotatable bonds is 4. The molecule has 2 aromatic rings. The van der Waals surface area contributed by atoms with Gasteiger partial charge in [0.15, 0.2) is 0 Å². The second-order valence-electron chi connectivity index (χ2n) is 4.08. The minimum atomic E-state index is 0.0941. The molecule has 0 aliphatic heterocycles. The van der Waals surface area contributed by atoms with Crippen molar-refractivity contribution in [3.8, 4) is 11.6 Å². The molecule has 4 nitrogen and oxygen atoms in total. The smallest absolute Gasteiger partial charge is 0.238 e. The van der Waals surface area contributed by atoms with Gasteiger partial charge in [-0.2, -0.15) is 0 Å². The molecule has 1 aromatic carbocycles. The van der Waals surface area contributed by atoms with Crippen molar-refractivity contribution >= 4 is 0 Å². The summed E-state index contributed by atoms with van der Waals surface area (Å²) >= 11 is 0. The van der Waals surface area contributed by atoms with Crippen molar-refractivity contribution in [3.63, 3.8) is 0 Å². The third-order valence-corrected chi connectivity index (χ3v) is 2.65. The molecule has 0 saturated carbocycles. The van der Waals surface area contributed by atoms with Crippen LogP contribution in [0.2, 0.25) is 0 Å². The van der Waals surface area contributed by atoms with E-state index in [0.29, 0.717) is 5.88 Å². The number of aryl methyl sites for hydroxylation is 1. The molecule has 0 radical (unpaired) electrons. The number of H-pyrrole nitrogens is 1. The standard InChI is InChI=1S/C13H17N3O/c1-3-12(14)10-4-6-11(7-5-10)17-13-8-9(2)15-16-13/h4-8,12H,3,14H2,1-2H3,(H,15,16)/t12-/m1/s1. The van der Waals surface area contributed by atoms with Crippen LogP contribution in [0.1, 0.15) is 30.6 Å². The van der Waals surface area contributed by atoms with Crippen LogP contribution in [0.15, 0.2) is 30.3 Å². The Hall–Kier alpha value is -1.81. The summed E-state index contributed by atoms with van der Waals surface area (Å²) in [5, 5.41) is 6.85. The molecule has 0 aliphatic rings. The molecule has 1 heterocycles. The first-order valence-corrected chi connectivity index (χ1v) is 5.74. The topological polar surface area (TPSA) is 63.9 Å². The number of aromatic nitrogens is 2. The number of nitrogens with two attached hydrogens (primary N) is 1. The van der Waals surface area contributed by atoms with Gasteiger partial charge in [-0.05, 0) is 31.0 Å². The van der Waals surface area contributed by atoms with E-state index in [2.05, 4.69) is 17.1 Å². The van der Waals surface area contributed by atoms with Gasteiger partial charge in [-0.15, -0.1) is 5.10 Å². The van der Waals surface area contributed by atoms with Crippen molar-refractivity contribution in [2.24, 2.45) is 5.73 Å². The maximum absolute atomic E-state index is 5.94. The zero-order valence-electron chi connectivity index (χ0n) is 10.1. The van der Waals surface area contributed by atoms with E-state index in [1.165, 1.54) is 0 Å². The van der Waals surface area contributed by atoms with E-state index >= 15 is 0 Å². The van der Waals surface area contributed by atoms with E-state index in [9.17, 15) is 0 Å². The lowest BCUT2D eigenvalue weighted by Crippen LogP contribution is -2.07. The lowest BCUT2D eigenvalue weighted by molar-refractivity contribution is 0.461. The fraction of sp³-hybridized carbons (Fsp3) is 0.308. The zero-order valence-corrected chi connectivity index (χ0v) is 10.1. The first-order valence-electron chi connectivity index (χ1n) is 5.74. The van der Waals surface area contributed by atoms with E-state index in [0.717, 1.165) is 23.4 Å². The van der Waals surface area contributed by atoms with Gasteiger partial charge in [0.25, 0.3) is 0 Å². The number of hydrogen-bond acceptors (Lipinski definition) is 3. The van der Waals surface area contributed by atoms with Gasteiger partial charge in [0.2, 0.25) is 5.88 Å². The zero-order chi connectivity index (χ0) is 12.3. The summed E-state index contributed by atoms with van der Waals surface area (Å²) in [7, 11) is 0. The maximum atomic E-state index is 5.94. The van der Waals surface area contributed by atoms with Crippen LogP contribution in [0.25, 0.3) is 0 Å². The fourth-order valence-corrected chi connectivity index (χ4v) is 1.58. The average Bonchev–Trinajstić information content (AvgIpc) is 2.75. The molecule has 1 aromatic heterocycles. The van der Waals surface area contributed by atoms with E-state index in [1.54, 1.807) is 0 Å². The lowest BCUT2D eigenvalue weighted by atomic mass is 10.1. The highest BCUT2D eigenvalue weighted by Crippen LogP contribution is 2.22. The summed E-state index contributed by atoms with van der Waals surface area (Å²) < 4.78 is 5.58. The van der Waals surface area contributed by atoms with Gasteiger partial charge in [0.05, 0.1) is 0 Å². The molecular formula is C13H17N3O. The van der Waals surface area contributed by atoms with Crippen molar-refractivity contribution in [1.82, 2.24) is 10.2 Å². The van der Waals surface area contributed by atoms with Gasteiger partial charge in [-0.25, -0.2) is 0 Å². The average molecular weight is 231 g/mol. The van der Waals surface area contributed by atoms with Gasteiger partial charge in [0.1, 0.15) is 5.75 Å². The molecule has 0 fully saturated rings. The normalized spacial score (nSPS) is 12.4. The van der Waals surface area contributed by atoms with Gasteiger partial charge in [0, 0.05) is 17.8 Å². The van der Waals surface area contributed by atoms with Crippen molar-refractivity contribution in [3.05, 3.63) is 41.6 Å². The number of benzene rings is 1. The molecule has 0 spiro atoms. The highest BCUT2D eigenvalue weighted by atomic mass is 16.5. The summed E-state index contributed by atoms with van der Waals surface area (Å²) in [5.74, 6) is 1.35. The molecule has 0 aliphatic carbocycles. The van der Waals surface area contributed by atoms with Gasteiger partial charge >= 0.3 is 0 Å². The molecule has 0 amide bonds. The van der Waals surface area contributed by atoms with E-state index in [-0.39, 0.29) is 6.04 Å². The Balaban J connectivity index is 2.08. The number of aromatic amines is 1. The molecule has 0 saturated heterocycles. The Kier molecular flexibility index (Phi) is 3.44. The Bertz CT molecular complexity index is 476. The predicted octanol–water partition coefficient (Wildman–Crippen LogP) is 2.92. The summed E-state index contributed by atoms with van der Waals surface area (Å²) in [5.41, 5.74) is 8.04. The van der Waals surface area contributed by atoms with Crippen LogP contribution in [0.5, 0.6) is 11.6 Å². The SMILES string of the molecule is CC[C@@H](N)c1ccc(Oc2cc(C)[nH]n2)cc1. The summed E-state index contributed by atoms with van der Waals surface area (Å²) in [6.07, 6.45) is 0.929. The highest BCUT2D eigenvalue weighted by molar-refractivity contribution is 5.31. The first-order chi connectivity index (χ1) is 8.19. The summed E-state index contributed by atoms with van der Waals surface area (Å²) in [6.45, 7) is 4.00. The van der Waals surface area contributed by atoms with E-state index < -0.39 is 0 Å². The molecule has 1 atom stereocenters. The molecule has 0 bridgehead atoms. The summed E-state index contributed by atoms with van der Waals surface area (Å²) in [6, 6.07) is 9.75. The third-order valence-electron chi connectivity index (χ3n) is 2.65. The van der Waals surface area contributed by atoms with Gasteiger partial charge in [-0.3, -0.25) is 5.10 Å². The van der Waals surface area contributed by atoms with Crippen LogP contribution < -0.4 is 10.5 Å². The van der Waals surface area contributed by atoms with Crippen LogP contribution in [-0.2, 0) is 0 Å². The quantitative estimate of drug-likeness (QED) is 0.850. The number of nitrogens with zero attached hydrogens (tertiary/aromatic N) is 1. The first kappa shape index (κ1) is 11.7. The number of nitrogens with one attached hydrogen (secondary N) is 1.